The summed E-state index contributed by atoms with van der Waals surface area (Å²) in [4.78, 5) is 22.3. The van der Waals surface area contributed by atoms with Crippen molar-refractivity contribution in [3.8, 4) is 0 Å². The van der Waals surface area contributed by atoms with Crippen LogP contribution < -0.4 is 5.32 Å². The van der Waals surface area contributed by atoms with Gasteiger partial charge in [-0.05, 0) is 6.92 Å². The summed E-state index contributed by atoms with van der Waals surface area (Å²) in [7, 11) is 5.30. The van der Waals surface area contributed by atoms with E-state index in [2.05, 4.69) is 16.6 Å². The van der Waals surface area contributed by atoms with E-state index in [9.17, 15) is 9.59 Å². The van der Waals surface area contributed by atoms with E-state index in [1.807, 2.05) is 14.1 Å². The first kappa shape index (κ1) is 15.6. The first-order chi connectivity index (χ1) is 7.78. The summed E-state index contributed by atoms with van der Waals surface area (Å²) in [5, 5.41) is 2.76. The molecule has 17 heavy (non-hydrogen) atoms. The first-order valence-electron chi connectivity index (χ1n) is 5.61. The molecule has 0 aliphatic carbocycles. The first-order valence-corrected chi connectivity index (χ1v) is 5.61. The average Bonchev–Trinajstić information content (AvgIpc) is 2.23. The summed E-state index contributed by atoms with van der Waals surface area (Å²) < 4.78 is 5.18. The second kappa shape index (κ2) is 7.06. The molecule has 5 nitrogen and oxygen atoms in total. The Morgan fingerprint density at radius 2 is 1.94 bits per heavy atom. The molecule has 0 aromatic rings. The summed E-state index contributed by atoms with van der Waals surface area (Å²) >= 11 is 0. The van der Waals surface area contributed by atoms with Gasteiger partial charge in [-0.15, -0.1) is 0 Å². The molecule has 0 atom stereocenters. The predicted molar refractivity (Wildman–Crippen MR) is 66.3 cm³/mol. The fourth-order valence-corrected chi connectivity index (χ4v) is 1.35. The lowest BCUT2D eigenvalue weighted by molar-refractivity contribution is -0.883. The number of hydrogen-bond donors (Lipinski definition) is 1. The summed E-state index contributed by atoms with van der Waals surface area (Å²) in [6.07, 6.45) is 0.809. The molecule has 0 aromatic carbocycles. The Morgan fingerprint density at radius 1 is 1.35 bits per heavy atom. The van der Waals surface area contributed by atoms with Crippen molar-refractivity contribution in [2.75, 3.05) is 40.8 Å². The Bertz CT molecular complexity index is 298. The van der Waals surface area contributed by atoms with Crippen LogP contribution in [0.3, 0.4) is 0 Å². The minimum absolute atomic E-state index is 0.122. The Balaban J connectivity index is 3.83. The molecule has 0 bridgehead atoms. The smallest absolute Gasteiger partial charge is 0.361 e. The van der Waals surface area contributed by atoms with E-state index in [0.29, 0.717) is 23.1 Å². The number of carbonyl (C=O) groups is 2. The van der Waals surface area contributed by atoms with Gasteiger partial charge in [0.15, 0.2) is 6.54 Å². The molecular formula is C12H23N2O3+. The molecule has 0 heterocycles. The Morgan fingerprint density at radius 3 is 2.41 bits per heavy atom. The Hall–Kier alpha value is -1.36. The highest BCUT2D eigenvalue weighted by molar-refractivity contribution is 5.91. The van der Waals surface area contributed by atoms with E-state index >= 15 is 0 Å². The van der Waals surface area contributed by atoms with Crippen LogP contribution in [0.4, 0.5) is 0 Å². The molecule has 0 aliphatic heterocycles. The second-order valence-electron chi connectivity index (χ2n) is 4.78. The Kier molecular flexibility index (Phi) is 6.50. The number of amides is 1. The molecule has 0 saturated carbocycles. The minimum Gasteiger partial charge on any atom is -0.465 e. The monoisotopic (exact) mass is 243 g/mol. The van der Waals surface area contributed by atoms with E-state index in [-0.39, 0.29) is 11.9 Å². The van der Waals surface area contributed by atoms with Gasteiger partial charge in [0.05, 0.1) is 27.7 Å². The third kappa shape index (κ3) is 7.52. The molecular weight excluding hydrogens is 220 g/mol. The van der Waals surface area contributed by atoms with Crippen LogP contribution in [0.5, 0.6) is 0 Å². The van der Waals surface area contributed by atoms with Gasteiger partial charge in [-0.25, -0.2) is 4.79 Å². The predicted octanol–water partition coefficient (Wildman–Crippen LogP) is 0.318. The zero-order valence-electron chi connectivity index (χ0n) is 11.2. The highest BCUT2D eigenvalue weighted by Crippen LogP contribution is 1.99. The number of esters is 1. The minimum atomic E-state index is -0.221. The standard InChI is InChI=1S/C12H22N2O3/c1-10(2)12(16)13-7-6-8-14(3,4)9-11(15)17-5/h1,6-9H2,2-5H3/p+1. The molecule has 5 heteroatoms. The van der Waals surface area contributed by atoms with E-state index in [1.54, 1.807) is 6.92 Å². The largest absolute Gasteiger partial charge is 0.465 e. The normalized spacial score (nSPS) is 10.8. The zero-order valence-corrected chi connectivity index (χ0v) is 11.2. The van der Waals surface area contributed by atoms with Crippen molar-refractivity contribution in [1.29, 1.82) is 0 Å². The highest BCUT2D eigenvalue weighted by Gasteiger charge is 2.19. The van der Waals surface area contributed by atoms with Crippen LogP contribution in [0, 0.1) is 0 Å². The lowest BCUT2D eigenvalue weighted by Crippen LogP contribution is -2.45. The fraction of sp³-hybridized carbons (Fsp3) is 0.667. The number of hydrogen-bond acceptors (Lipinski definition) is 3. The molecule has 0 spiro atoms. The van der Waals surface area contributed by atoms with Gasteiger partial charge < -0.3 is 14.5 Å². The molecule has 0 unspecified atom stereocenters. The fourth-order valence-electron chi connectivity index (χ4n) is 1.35. The molecule has 0 radical (unpaired) electrons. The van der Waals surface area contributed by atoms with Gasteiger partial charge in [-0.2, -0.15) is 0 Å². The van der Waals surface area contributed by atoms with Crippen LogP contribution in [-0.2, 0) is 14.3 Å². The van der Waals surface area contributed by atoms with Crippen LogP contribution in [0.15, 0.2) is 12.2 Å². The van der Waals surface area contributed by atoms with E-state index in [0.717, 1.165) is 13.0 Å². The molecule has 98 valence electrons. The number of carbonyl (C=O) groups excluding carboxylic acids is 2. The van der Waals surface area contributed by atoms with Crippen molar-refractivity contribution in [2.45, 2.75) is 13.3 Å². The Labute approximate surface area is 103 Å². The molecule has 0 rings (SSSR count). The molecule has 1 N–H and O–H groups in total. The maximum atomic E-state index is 11.2. The number of likely N-dealkylation sites (N-methyl/N-ethyl adjacent to an activating group) is 1. The number of rotatable bonds is 7. The van der Waals surface area contributed by atoms with Gasteiger partial charge in [0.25, 0.3) is 0 Å². The van der Waals surface area contributed by atoms with Crippen LogP contribution in [0.25, 0.3) is 0 Å². The topological polar surface area (TPSA) is 55.4 Å². The second-order valence-corrected chi connectivity index (χ2v) is 4.78. The molecule has 1 amide bonds. The SMILES string of the molecule is C=C(C)C(=O)NCCC[N+](C)(C)CC(=O)OC. The third-order valence-electron chi connectivity index (χ3n) is 2.40. The lowest BCUT2D eigenvalue weighted by atomic mass is 10.3. The van der Waals surface area contributed by atoms with Crippen molar-refractivity contribution < 1.29 is 18.8 Å². The molecule has 0 aromatic heterocycles. The molecule has 0 aliphatic rings. The van der Waals surface area contributed by atoms with Crippen LogP contribution >= 0.6 is 0 Å². The lowest BCUT2D eigenvalue weighted by Gasteiger charge is -2.28. The average molecular weight is 243 g/mol. The number of quaternary nitrogens is 1. The highest BCUT2D eigenvalue weighted by atomic mass is 16.5. The van der Waals surface area contributed by atoms with E-state index in [4.69, 9.17) is 0 Å². The zero-order chi connectivity index (χ0) is 13.5. The van der Waals surface area contributed by atoms with Crippen molar-refractivity contribution in [3.63, 3.8) is 0 Å². The van der Waals surface area contributed by atoms with Crippen molar-refractivity contribution >= 4 is 11.9 Å². The maximum absolute atomic E-state index is 11.2. The molecule has 0 saturated heterocycles. The van der Waals surface area contributed by atoms with Gasteiger partial charge in [-0.3, -0.25) is 4.79 Å². The van der Waals surface area contributed by atoms with Crippen LogP contribution in [0.1, 0.15) is 13.3 Å². The van der Waals surface area contributed by atoms with Gasteiger partial charge in [0.2, 0.25) is 5.91 Å². The van der Waals surface area contributed by atoms with Gasteiger partial charge >= 0.3 is 5.97 Å². The summed E-state index contributed by atoms with van der Waals surface area (Å²) in [6.45, 7) is 6.96. The molecule has 0 fully saturated rings. The quantitative estimate of drug-likeness (QED) is 0.303. The van der Waals surface area contributed by atoms with Crippen LogP contribution in [-0.4, -0.2) is 57.2 Å². The third-order valence-corrected chi connectivity index (χ3v) is 2.40. The van der Waals surface area contributed by atoms with Crippen molar-refractivity contribution in [2.24, 2.45) is 0 Å². The number of methoxy groups -OCH3 is 1. The van der Waals surface area contributed by atoms with E-state index in [1.165, 1.54) is 7.11 Å². The number of nitrogens with zero attached hydrogens (tertiary/aromatic N) is 1. The van der Waals surface area contributed by atoms with Gasteiger partial charge in [-0.1, -0.05) is 6.58 Å². The maximum Gasteiger partial charge on any atom is 0.361 e. The van der Waals surface area contributed by atoms with E-state index < -0.39 is 0 Å². The summed E-state index contributed by atoms with van der Waals surface area (Å²) in [6, 6.07) is 0. The van der Waals surface area contributed by atoms with Gasteiger partial charge in [0.1, 0.15) is 0 Å². The summed E-state index contributed by atoms with van der Waals surface area (Å²) in [5.41, 5.74) is 0.508. The summed E-state index contributed by atoms with van der Waals surface area (Å²) in [5.74, 6) is -0.343. The van der Waals surface area contributed by atoms with Gasteiger partial charge in [0, 0.05) is 18.5 Å². The van der Waals surface area contributed by atoms with Crippen molar-refractivity contribution in [1.82, 2.24) is 5.32 Å². The van der Waals surface area contributed by atoms with Crippen LogP contribution in [0.2, 0.25) is 0 Å². The number of ether oxygens (including phenoxy) is 1. The number of nitrogens with one attached hydrogen (secondary N) is 1. The van der Waals surface area contributed by atoms with Crippen molar-refractivity contribution in [3.05, 3.63) is 12.2 Å².